The highest BCUT2D eigenvalue weighted by atomic mass is 16.5. The standard InChI is InChI=1S/C18H17N5O3/c1-25-14-9-8-12(10-15(14)26-2)11-19-22-18-20-17(24)16(21-23-18)13-6-4-3-5-7-13/h3-11H,1-2H3,(H2,20,22,23,24)/b19-11+. The van der Waals surface area contributed by atoms with E-state index < -0.39 is 0 Å². The van der Waals surface area contributed by atoms with Crippen LogP contribution in [0.5, 0.6) is 11.5 Å². The number of aromatic nitrogens is 3. The van der Waals surface area contributed by atoms with Crippen LogP contribution in [0.25, 0.3) is 11.3 Å². The zero-order valence-electron chi connectivity index (χ0n) is 14.3. The minimum atomic E-state index is -0.352. The number of benzene rings is 2. The SMILES string of the molecule is COc1ccc(/C=N/Nc2nnc(-c3ccccc3)c(=O)[nH]2)cc1OC. The van der Waals surface area contributed by atoms with Crippen LogP contribution in [0.15, 0.2) is 58.4 Å². The summed E-state index contributed by atoms with van der Waals surface area (Å²) in [5, 5.41) is 11.9. The first-order valence-corrected chi connectivity index (χ1v) is 7.75. The highest BCUT2D eigenvalue weighted by molar-refractivity contribution is 5.81. The van der Waals surface area contributed by atoms with Gasteiger partial charge in [0, 0.05) is 5.56 Å². The lowest BCUT2D eigenvalue weighted by Crippen LogP contribution is -2.15. The molecule has 26 heavy (non-hydrogen) atoms. The van der Waals surface area contributed by atoms with Crippen LogP contribution in [-0.2, 0) is 0 Å². The van der Waals surface area contributed by atoms with Crippen LogP contribution < -0.4 is 20.5 Å². The van der Waals surface area contributed by atoms with Crippen LogP contribution in [0.4, 0.5) is 5.95 Å². The minimum absolute atomic E-state index is 0.145. The van der Waals surface area contributed by atoms with Gasteiger partial charge < -0.3 is 9.47 Å². The molecule has 0 unspecified atom stereocenters. The topological polar surface area (TPSA) is 101 Å². The molecule has 0 radical (unpaired) electrons. The molecule has 0 aliphatic heterocycles. The second-order valence-electron chi connectivity index (χ2n) is 5.20. The van der Waals surface area contributed by atoms with Crippen molar-refractivity contribution in [2.75, 3.05) is 19.6 Å². The summed E-state index contributed by atoms with van der Waals surface area (Å²) >= 11 is 0. The molecule has 2 aromatic carbocycles. The lowest BCUT2D eigenvalue weighted by Gasteiger charge is -2.07. The summed E-state index contributed by atoms with van der Waals surface area (Å²) < 4.78 is 10.4. The van der Waals surface area contributed by atoms with Crippen molar-refractivity contribution >= 4 is 12.2 Å². The summed E-state index contributed by atoms with van der Waals surface area (Å²) in [6, 6.07) is 14.5. The Balaban J connectivity index is 1.73. The van der Waals surface area contributed by atoms with Gasteiger partial charge in [-0.1, -0.05) is 30.3 Å². The van der Waals surface area contributed by atoms with Gasteiger partial charge in [0.2, 0.25) is 5.95 Å². The van der Waals surface area contributed by atoms with Crippen LogP contribution in [-0.4, -0.2) is 35.6 Å². The molecule has 0 amide bonds. The van der Waals surface area contributed by atoms with Gasteiger partial charge in [0.15, 0.2) is 17.2 Å². The molecule has 132 valence electrons. The average molecular weight is 351 g/mol. The van der Waals surface area contributed by atoms with Gasteiger partial charge in [-0.25, -0.2) is 5.43 Å². The number of hydrazone groups is 1. The molecule has 3 rings (SSSR count). The third kappa shape index (κ3) is 3.86. The number of nitrogens with one attached hydrogen (secondary N) is 2. The van der Waals surface area contributed by atoms with Gasteiger partial charge in [0.25, 0.3) is 5.56 Å². The van der Waals surface area contributed by atoms with Crippen molar-refractivity contribution in [2.45, 2.75) is 0 Å². The van der Waals surface area contributed by atoms with E-state index in [-0.39, 0.29) is 17.2 Å². The van der Waals surface area contributed by atoms with Crippen LogP contribution in [0, 0.1) is 0 Å². The molecule has 1 heterocycles. The van der Waals surface area contributed by atoms with Crippen molar-refractivity contribution in [2.24, 2.45) is 5.10 Å². The Labute approximate surface area is 149 Å². The van der Waals surface area contributed by atoms with E-state index in [2.05, 4.69) is 25.7 Å². The van der Waals surface area contributed by atoms with Crippen molar-refractivity contribution in [1.29, 1.82) is 0 Å². The fourth-order valence-electron chi connectivity index (χ4n) is 2.27. The molecular formula is C18H17N5O3. The predicted molar refractivity (Wildman–Crippen MR) is 98.9 cm³/mol. The third-order valence-electron chi connectivity index (χ3n) is 3.54. The fourth-order valence-corrected chi connectivity index (χ4v) is 2.27. The summed E-state index contributed by atoms with van der Waals surface area (Å²) in [4.78, 5) is 14.8. The van der Waals surface area contributed by atoms with E-state index >= 15 is 0 Å². The van der Waals surface area contributed by atoms with Gasteiger partial charge in [0.1, 0.15) is 0 Å². The fraction of sp³-hybridized carbons (Fsp3) is 0.111. The Kier molecular flexibility index (Phi) is 5.23. The molecule has 0 atom stereocenters. The van der Waals surface area contributed by atoms with Gasteiger partial charge in [-0.15, -0.1) is 10.2 Å². The zero-order chi connectivity index (χ0) is 18.4. The van der Waals surface area contributed by atoms with E-state index in [0.29, 0.717) is 17.1 Å². The first-order chi connectivity index (χ1) is 12.7. The number of ether oxygens (including phenoxy) is 2. The van der Waals surface area contributed by atoms with E-state index in [1.54, 1.807) is 44.7 Å². The number of H-pyrrole nitrogens is 1. The first kappa shape index (κ1) is 17.2. The molecule has 0 saturated heterocycles. The molecule has 0 aliphatic carbocycles. The molecule has 8 heteroatoms. The van der Waals surface area contributed by atoms with E-state index in [9.17, 15) is 4.79 Å². The number of hydrogen-bond donors (Lipinski definition) is 2. The second kappa shape index (κ2) is 7.93. The van der Waals surface area contributed by atoms with Gasteiger partial charge >= 0.3 is 0 Å². The Bertz CT molecular complexity index is 970. The third-order valence-corrected chi connectivity index (χ3v) is 3.54. The maximum atomic E-state index is 12.1. The number of rotatable bonds is 6. The van der Waals surface area contributed by atoms with E-state index in [1.165, 1.54) is 0 Å². The lowest BCUT2D eigenvalue weighted by molar-refractivity contribution is 0.355. The van der Waals surface area contributed by atoms with Gasteiger partial charge in [0.05, 0.1) is 20.4 Å². The summed E-state index contributed by atoms with van der Waals surface area (Å²) in [5.41, 5.74) is 4.02. The average Bonchev–Trinajstić information content (AvgIpc) is 2.68. The van der Waals surface area contributed by atoms with Crippen molar-refractivity contribution in [3.05, 3.63) is 64.4 Å². The van der Waals surface area contributed by atoms with Crippen LogP contribution in [0.1, 0.15) is 5.56 Å². The van der Waals surface area contributed by atoms with Crippen LogP contribution in [0.3, 0.4) is 0 Å². The molecule has 0 spiro atoms. The zero-order valence-corrected chi connectivity index (χ0v) is 14.3. The number of nitrogens with zero attached hydrogens (tertiary/aromatic N) is 3. The highest BCUT2D eigenvalue weighted by Crippen LogP contribution is 2.26. The highest BCUT2D eigenvalue weighted by Gasteiger charge is 2.06. The molecule has 8 nitrogen and oxygen atoms in total. The summed E-state index contributed by atoms with van der Waals surface area (Å²) in [6.07, 6.45) is 1.56. The van der Waals surface area contributed by atoms with E-state index in [1.807, 2.05) is 24.3 Å². The van der Waals surface area contributed by atoms with Gasteiger partial charge in [-0.3, -0.25) is 9.78 Å². The van der Waals surface area contributed by atoms with Crippen molar-refractivity contribution in [3.63, 3.8) is 0 Å². The molecule has 0 saturated carbocycles. The summed E-state index contributed by atoms with van der Waals surface area (Å²) in [5.74, 6) is 1.37. The van der Waals surface area contributed by atoms with E-state index in [0.717, 1.165) is 5.56 Å². The van der Waals surface area contributed by atoms with Crippen LogP contribution >= 0.6 is 0 Å². The molecular weight excluding hydrogens is 334 g/mol. The molecule has 0 aliphatic rings. The van der Waals surface area contributed by atoms with Crippen LogP contribution in [0.2, 0.25) is 0 Å². The molecule has 2 N–H and O–H groups in total. The van der Waals surface area contributed by atoms with Crippen molar-refractivity contribution in [3.8, 4) is 22.8 Å². The molecule has 3 aromatic rings. The molecule has 1 aromatic heterocycles. The quantitative estimate of drug-likeness (QED) is 0.522. The number of methoxy groups -OCH3 is 2. The monoisotopic (exact) mass is 351 g/mol. The predicted octanol–water partition coefficient (Wildman–Crippen LogP) is 2.30. The Morgan fingerprint density at radius 1 is 1.04 bits per heavy atom. The Morgan fingerprint density at radius 2 is 1.81 bits per heavy atom. The molecule has 0 fully saturated rings. The largest absolute Gasteiger partial charge is 0.493 e. The number of hydrogen-bond acceptors (Lipinski definition) is 7. The van der Waals surface area contributed by atoms with Crippen molar-refractivity contribution in [1.82, 2.24) is 15.2 Å². The van der Waals surface area contributed by atoms with E-state index in [4.69, 9.17) is 9.47 Å². The van der Waals surface area contributed by atoms with Crippen molar-refractivity contribution < 1.29 is 9.47 Å². The summed E-state index contributed by atoms with van der Waals surface area (Å²) in [6.45, 7) is 0. The first-order valence-electron chi connectivity index (χ1n) is 7.75. The Hall–Kier alpha value is -3.68. The van der Waals surface area contributed by atoms with Gasteiger partial charge in [-0.05, 0) is 23.8 Å². The lowest BCUT2D eigenvalue weighted by atomic mass is 10.2. The summed E-state index contributed by atoms with van der Waals surface area (Å²) in [7, 11) is 3.13. The smallest absolute Gasteiger partial charge is 0.279 e. The maximum Gasteiger partial charge on any atom is 0.279 e. The minimum Gasteiger partial charge on any atom is -0.493 e. The number of aromatic amines is 1. The second-order valence-corrected chi connectivity index (χ2v) is 5.20. The number of anilines is 1. The maximum absolute atomic E-state index is 12.1. The normalized spacial score (nSPS) is 10.7. The molecule has 0 bridgehead atoms. The van der Waals surface area contributed by atoms with Gasteiger partial charge in [-0.2, -0.15) is 5.10 Å². The Morgan fingerprint density at radius 3 is 2.50 bits per heavy atom.